The third-order valence-corrected chi connectivity index (χ3v) is 1.59. The van der Waals surface area contributed by atoms with Crippen LogP contribution in [-0.4, -0.2) is 25.3 Å². The van der Waals surface area contributed by atoms with E-state index in [1.54, 1.807) is 7.11 Å². The Kier molecular flexibility index (Phi) is 4.17. The van der Waals surface area contributed by atoms with Crippen molar-refractivity contribution in [1.29, 1.82) is 0 Å². The van der Waals surface area contributed by atoms with Gasteiger partial charge in [-0.1, -0.05) is 5.92 Å². The van der Waals surface area contributed by atoms with Gasteiger partial charge >= 0.3 is 0 Å². The van der Waals surface area contributed by atoms with Crippen molar-refractivity contribution in [3.8, 4) is 12.3 Å². The van der Waals surface area contributed by atoms with Crippen LogP contribution < -0.4 is 5.32 Å². The van der Waals surface area contributed by atoms with Crippen LogP contribution in [0.15, 0.2) is 0 Å². The largest absolute Gasteiger partial charge is 0.380 e. The summed E-state index contributed by atoms with van der Waals surface area (Å²) in [4.78, 5) is 0. The van der Waals surface area contributed by atoms with Gasteiger partial charge < -0.3 is 4.74 Å². The minimum atomic E-state index is -0.229. The fraction of sp³-hybridized carbons (Fsp3) is 0.778. The predicted octanol–water partition coefficient (Wildman–Crippen LogP) is 1.02. The third kappa shape index (κ3) is 4.83. The Bertz CT molecular complexity index is 146. The minimum Gasteiger partial charge on any atom is -0.380 e. The van der Waals surface area contributed by atoms with Crippen LogP contribution in [0.25, 0.3) is 0 Å². The predicted molar refractivity (Wildman–Crippen MR) is 47.4 cm³/mol. The first kappa shape index (κ1) is 10.5. The molecule has 1 unspecified atom stereocenters. The summed E-state index contributed by atoms with van der Waals surface area (Å²) in [6.07, 6.45) is 5.49. The molecule has 1 atom stereocenters. The SMILES string of the molecule is C#CC(C)(C)NCC(C)OC. The van der Waals surface area contributed by atoms with Gasteiger partial charge in [-0.3, -0.25) is 5.32 Å². The number of nitrogens with one attached hydrogen (secondary N) is 1. The molecular formula is C9H17NO. The third-order valence-electron chi connectivity index (χ3n) is 1.59. The van der Waals surface area contributed by atoms with Crippen molar-refractivity contribution in [2.24, 2.45) is 0 Å². The number of terminal acetylenes is 1. The van der Waals surface area contributed by atoms with E-state index in [-0.39, 0.29) is 11.6 Å². The average molecular weight is 155 g/mol. The fourth-order valence-corrected chi connectivity index (χ4v) is 0.533. The second kappa shape index (κ2) is 4.38. The standard InChI is InChI=1S/C9H17NO/c1-6-9(3,4)10-7-8(2)11-5/h1,8,10H,7H2,2-5H3. The van der Waals surface area contributed by atoms with Crippen LogP contribution in [0.2, 0.25) is 0 Å². The van der Waals surface area contributed by atoms with E-state index in [4.69, 9.17) is 11.2 Å². The van der Waals surface area contributed by atoms with Gasteiger partial charge in [-0.05, 0) is 20.8 Å². The highest BCUT2D eigenvalue weighted by molar-refractivity contribution is 5.07. The average Bonchev–Trinajstić information content (AvgIpc) is 2.00. The molecule has 0 rings (SSSR count). The van der Waals surface area contributed by atoms with Crippen LogP contribution in [0.3, 0.4) is 0 Å². The van der Waals surface area contributed by atoms with Gasteiger partial charge in [0, 0.05) is 13.7 Å². The molecule has 0 saturated heterocycles. The molecule has 0 fully saturated rings. The second-order valence-corrected chi connectivity index (χ2v) is 3.20. The van der Waals surface area contributed by atoms with Crippen LogP contribution in [0, 0.1) is 12.3 Å². The quantitative estimate of drug-likeness (QED) is 0.612. The monoisotopic (exact) mass is 155 g/mol. The molecule has 2 nitrogen and oxygen atoms in total. The fourth-order valence-electron chi connectivity index (χ4n) is 0.533. The molecule has 0 radical (unpaired) electrons. The molecule has 0 spiro atoms. The molecule has 0 aliphatic carbocycles. The van der Waals surface area contributed by atoms with Crippen LogP contribution in [-0.2, 0) is 4.74 Å². The Labute approximate surface area is 69.3 Å². The number of hydrogen-bond acceptors (Lipinski definition) is 2. The molecule has 0 heterocycles. The second-order valence-electron chi connectivity index (χ2n) is 3.20. The molecule has 0 aromatic rings. The number of ether oxygens (including phenoxy) is 1. The summed E-state index contributed by atoms with van der Waals surface area (Å²) in [5, 5.41) is 3.20. The highest BCUT2D eigenvalue weighted by Gasteiger charge is 2.13. The zero-order valence-corrected chi connectivity index (χ0v) is 7.77. The van der Waals surface area contributed by atoms with Gasteiger partial charge in [-0.15, -0.1) is 6.42 Å². The molecule has 2 heteroatoms. The molecule has 0 aromatic carbocycles. The summed E-state index contributed by atoms with van der Waals surface area (Å²) in [5.41, 5.74) is -0.229. The van der Waals surface area contributed by atoms with Crippen molar-refractivity contribution in [2.75, 3.05) is 13.7 Å². The maximum absolute atomic E-state index is 5.28. The van der Waals surface area contributed by atoms with E-state index >= 15 is 0 Å². The number of hydrogen-bond donors (Lipinski definition) is 1. The zero-order chi connectivity index (χ0) is 8.91. The van der Waals surface area contributed by atoms with E-state index in [9.17, 15) is 0 Å². The molecule has 0 aliphatic rings. The first-order valence-electron chi connectivity index (χ1n) is 3.77. The van der Waals surface area contributed by atoms with Gasteiger partial charge in [0.15, 0.2) is 0 Å². The molecule has 1 N–H and O–H groups in total. The van der Waals surface area contributed by atoms with E-state index in [0.717, 1.165) is 6.54 Å². The lowest BCUT2D eigenvalue weighted by Gasteiger charge is -2.21. The lowest BCUT2D eigenvalue weighted by molar-refractivity contribution is 0.113. The Morgan fingerprint density at radius 2 is 2.18 bits per heavy atom. The summed E-state index contributed by atoms with van der Waals surface area (Å²) >= 11 is 0. The van der Waals surface area contributed by atoms with Crippen molar-refractivity contribution in [1.82, 2.24) is 5.32 Å². The topological polar surface area (TPSA) is 21.3 Å². The molecule has 0 saturated carbocycles. The summed E-state index contributed by atoms with van der Waals surface area (Å²) in [6, 6.07) is 0. The Hall–Kier alpha value is -0.520. The Morgan fingerprint density at radius 1 is 1.64 bits per heavy atom. The zero-order valence-electron chi connectivity index (χ0n) is 7.77. The molecule has 64 valence electrons. The number of methoxy groups -OCH3 is 1. The van der Waals surface area contributed by atoms with Gasteiger partial charge in [0.1, 0.15) is 0 Å². The smallest absolute Gasteiger partial charge is 0.0742 e. The Morgan fingerprint density at radius 3 is 2.55 bits per heavy atom. The molecule has 0 aliphatic heterocycles. The maximum Gasteiger partial charge on any atom is 0.0742 e. The van der Waals surface area contributed by atoms with E-state index in [1.165, 1.54) is 0 Å². The van der Waals surface area contributed by atoms with E-state index in [2.05, 4.69) is 11.2 Å². The minimum absolute atomic E-state index is 0.211. The summed E-state index contributed by atoms with van der Waals surface area (Å²) in [6.45, 7) is 6.72. The molecule has 0 aromatic heterocycles. The van der Waals surface area contributed by atoms with Crippen LogP contribution in [0.4, 0.5) is 0 Å². The normalized spacial score (nSPS) is 14.1. The molecule has 0 amide bonds. The van der Waals surface area contributed by atoms with Gasteiger partial charge in [-0.25, -0.2) is 0 Å². The van der Waals surface area contributed by atoms with E-state index in [0.29, 0.717) is 0 Å². The van der Waals surface area contributed by atoms with Crippen molar-refractivity contribution in [3.05, 3.63) is 0 Å². The highest BCUT2D eigenvalue weighted by Crippen LogP contribution is 1.98. The van der Waals surface area contributed by atoms with Crippen molar-refractivity contribution < 1.29 is 4.74 Å². The first-order chi connectivity index (χ1) is 5.02. The van der Waals surface area contributed by atoms with E-state index in [1.807, 2.05) is 20.8 Å². The summed E-state index contributed by atoms with van der Waals surface area (Å²) in [5.74, 6) is 2.65. The molecule has 11 heavy (non-hydrogen) atoms. The summed E-state index contributed by atoms with van der Waals surface area (Å²) < 4.78 is 5.06. The lowest BCUT2D eigenvalue weighted by atomic mass is 10.1. The van der Waals surface area contributed by atoms with E-state index < -0.39 is 0 Å². The van der Waals surface area contributed by atoms with Crippen molar-refractivity contribution in [3.63, 3.8) is 0 Å². The van der Waals surface area contributed by atoms with Crippen LogP contribution in [0.5, 0.6) is 0 Å². The van der Waals surface area contributed by atoms with Crippen molar-refractivity contribution in [2.45, 2.75) is 32.4 Å². The van der Waals surface area contributed by atoms with Gasteiger partial charge in [0.25, 0.3) is 0 Å². The first-order valence-corrected chi connectivity index (χ1v) is 3.77. The van der Waals surface area contributed by atoms with Crippen LogP contribution in [0.1, 0.15) is 20.8 Å². The van der Waals surface area contributed by atoms with Crippen molar-refractivity contribution >= 4 is 0 Å². The molecular weight excluding hydrogens is 138 g/mol. The van der Waals surface area contributed by atoms with Gasteiger partial charge in [0.05, 0.1) is 11.6 Å². The van der Waals surface area contributed by atoms with Crippen LogP contribution >= 0.6 is 0 Å². The van der Waals surface area contributed by atoms with Gasteiger partial charge in [-0.2, -0.15) is 0 Å². The Balaban J connectivity index is 3.63. The lowest BCUT2D eigenvalue weighted by Crippen LogP contribution is -2.41. The van der Waals surface area contributed by atoms with Gasteiger partial charge in [0.2, 0.25) is 0 Å². The number of rotatable bonds is 4. The summed E-state index contributed by atoms with van der Waals surface area (Å²) in [7, 11) is 1.69. The molecule has 0 bridgehead atoms. The highest BCUT2D eigenvalue weighted by atomic mass is 16.5. The maximum atomic E-state index is 5.28.